The highest BCUT2D eigenvalue weighted by atomic mass is 16.2. The molecule has 2 aromatic heterocycles. The topological polar surface area (TPSA) is 88.1 Å². The van der Waals surface area contributed by atoms with Crippen LogP contribution in [-0.2, 0) is 19.4 Å². The number of pyridine rings is 1. The van der Waals surface area contributed by atoms with Crippen molar-refractivity contribution in [3.05, 3.63) is 61.9 Å². The average Bonchev–Trinajstić information content (AvgIpc) is 3.10. The highest BCUT2D eigenvalue weighted by Gasteiger charge is 2.25. The molecule has 0 bridgehead atoms. The zero-order valence-corrected chi connectivity index (χ0v) is 14.6. The van der Waals surface area contributed by atoms with Crippen molar-refractivity contribution < 1.29 is 4.79 Å². The minimum absolute atomic E-state index is 0.0163. The molecular weight excluding hydrogens is 332 g/mol. The summed E-state index contributed by atoms with van der Waals surface area (Å²) < 4.78 is 1.61. The minimum atomic E-state index is -0.215. The lowest BCUT2D eigenvalue weighted by Gasteiger charge is -2.32. The van der Waals surface area contributed by atoms with E-state index in [2.05, 4.69) is 10.1 Å². The standard InChI is InChI=1S/C19H22N4O3/c24-17-5-4-15(11-20-17)19(26)22-8-6-13(7-9-22)12-23-18(25)10-14-2-1-3-16(14)21-23/h4-5,10-11,13H,1-3,6-9,12H2,(H,20,24). The van der Waals surface area contributed by atoms with Crippen molar-refractivity contribution in [1.82, 2.24) is 19.7 Å². The van der Waals surface area contributed by atoms with Crippen LogP contribution in [0.15, 0.2) is 34.0 Å². The molecular formula is C19H22N4O3. The van der Waals surface area contributed by atoms with Crippen molar-refractivity contribution in [3.8, 4) is 0 Å². The number of hydrogen-bond acceptors (Lipinski definition) is 4. The van der Waals surface area contributed by atoms with E-state index < -0.39 is 0 Å². The van der Waals surface area contributed by atoms with Crippen LogP contribution < -0.4 is 11.1 Å². The molecule has 0 spiro atoms. The molecule has 136 valence electrons. The highest BCUT2D eigenvalue weighted by molar-refractivity contribution is 5.93. The van der Waals surface area contributed by atoms with Crippen molar-refractivity contribution in [2.45, 2.75) is 38.6 Å². The molecule has 0 radical (unpaired) electrons. The number of H-pyrrole nitrogens is 1. The molecule has 1 aliphatic heterocycles. The van der Waals surface area contributed by atoms with Crippen LogP contribution in [0.4, 0.5) is 0 Å². The third-order valence-corrected chi connectivity index (χ3v) is 5.39. The van der Waals surface area contributed by atoms with Crippen LogP contribution >= 0.6 is 0 Å². The fourth-order valence-corrected chi connectivity index (χ4v) is 3.86. The van der Waals surface area contributed by atoms with Gasteiger partial charge in [-0.15, -0.1) is 0 Å². The van der Waals surface area contributed by atoms with Gasteiger partial charge < -0.3 is 9.88 Å². The minimum Gasteiger partial charge on any atom is -0.339 e. The number of fused-ring (bicyclic) bond motifs is 1. The second-order valence-corrected chi connectivity index (χ2v) is 7.17. The summed E-state index contributed by atoms with van der Waals surface area (Å²) in [7, 11) is 0. The predicted molar refractivity (Wildman–Crippen MR) is 96.2 cm³/mol. The third kappa shape index (κ3) is 3.34. The number of nitrogens with one attached hydrogen (secondary N) is 1. The van der Waals surface area contributed by atoms with Crippen molar-refractivity contribution in [2.75, 3.05) is 13.1 Å². The fraction of sp³-hybridized carbons (Fsp3) is 0.474. The molecule has 1 N–H and O–H groups in total. The van der Waals surface area contributed by atoms with Gasteiger partial charge in [0.15, 0.2) is 0 Å². The summed E-state index contributed by atoms with van der Waals surface area (Å²) in [5.74, 6) is 0.284. The number of likely N-dealkylation sites (tertiary alicyclic amines) is 1. The van der Waals surface area contributed by atoms with Gasteiger partial charge in [-0.05, 0) is 49.7 Å². The summed E-state index contributed by atoms with van der Waals surface area (Å²) in [5.41, 5.74) is 2.44. The number of aromatic amines is 1. The number of rotatable bonds is 3. The zero-order valence-electron chi connectivity index (χ0n) is 14.6. The number of nitrogens with zero attached hydrogens (tertiary/aromatic N) is 3. The Morgan fingerprint density at radius 1 is 1.19 bits per heavy atom. The predicted octanol–water partition coefficient (Wildman–Crippen LogP) is 0.973. The SMILES string of the molecule is O=C(c1ccc(=O)[nH]c1)N1CCC(Cn2nc3c(cc2=O)CCC3)CC1. The molecule has 4 rings (SSSR count). The van der Waals surface area contributed by atoms with Crippen LogP contribution in [0.5, 0.6) is 0 Å². The number of carbonyl (C=O) groups is 1. The second kappa shape index (κ2) is 6.90. The molecule has 7 heteroatoms. The highest BCUT2D eigenvalue weighted by Crippen LogP contribution is 2.21. The van der Waals surface area contributed by atoms with E-state index in [0.717, 1.165) is 43.4 Å². The summed E-state index contributed by atoms with van der Waals surface area (Å²) in [4.78, 5) is 40.2. The van der Waals surface area contributed by atoms with Crippen molar-refractivity contribution in [3.63, 3.8) is 0 Å². The molecule has 0 atom stereocenters. The number of hydrogen-bond donors (Lipinski definition) is 1. The van der Waals surface area contributed by atoms with E-state index in [1.165, 1.54) is 12.3 Å². The Kier molecular flexibility index (Phi) is 4.44. The van der Waals surface area contributed by atoms with Gasteiger partial charge in [0.05, 0.1) is 11.3 Å². The first-order valence-corrected chi connectivity index (χ1v) is 9.18. The molecule has 2 aliphatic rings. The van der Waals surface area contributed by atoms with Gasteiger partial charge in [0.1, 0.15) is 0 Å². The van der Waals surface area contributed by atoms with Gasteiger partial charge >= 0.3 is 0 Å². The third-order valence-electron chi connectivity index (χ3n) is 5.39. The van der Waals surface area contributed by atoms with E-state index in [-0.39, 0.29) is 17.0 Å². The molecule has 3 heterocycles. The Labute approximate surface area is 150 Å². The van der Waals surface area contributed by atoms with Gasteiger partial charge in [-0.1, -0.05) is 0 Å². The first kappa shape index (κ1) is 16.8. The van der Waals surface area contributed by atoms with Crippen LogP contribution in [0.3, 0.4) is 0 Å². The van der Waals surface area contributed by atoms with E-state index in [0.29, 0.717) is 31.1 Å². The Morgan fingerprint density at radius 2 is 2.00 bits per heavy atom. The number of carbonyl (C=O) groups excluding carboxylic acids is 1. The van der Waals surface area contributed by atoms with Crippen LogP contribution in [0.25, 0.3) is 0 Å². The molecule has 0 saturated carbocycles. The normalized spacial score (nSPS) is 17.3. The summed E-state index contributed by atoms with van der Waals surface area (Å²) >= 11 is 0. The van der Waals surface area contributed by atoms with Crippen LogP contribution in [-0.4, -0.2) is 38.7 Å². The van der Waals surface area contributed by atoms with Crippen molar-refractivity contribution in [1.29, 1.82) is 0 Å². The molecule has 1 amide bonds. The molecule has 26 heavy (non-hydrogen) atoms. The van der Waals surface area contributed by atoms with Crippen molar-refractivity contribution >= 4 is 5.91 Å². The monoisotopic (exact) mass is 354 g/mol. The first-order chi connectivity index (χ1) is 12.6. The van der Waals surface area contributed by atoms with Gasteiger partial charge in [-0.2, -0.15) is 5.10 Å². The number of aromatic nitrogens is 3. The molecule has 1 fully saturated rings. The molecule has 1 saturated heterocycles. The average molecular weight is 354 g/mol. The Hall–Kier alpha value is -2.70. The van der Waals surface area contributed by atoms with Crippen LogP contribution in [0, 0.1) is 5.92 Å². The van der Waals surface area contributed by atoms with Gasteiger partial charge in [-0.3, -0.25) is 14.4 Å². The van der Waals surface area contributed by atoms with E-state index in [4.69, 9.17) is 0 Å². The lowest BCUT2D eigenvalue weighted by Crippen LogP contribution is -2.40. The van der Waals surface area contributed by atoms with Crippen molar-refractivity contribution in [2.24, 2.45) is 5.92 Å². The lowest BCUT2D eigenvalue weighted by atomic mass is 9.96. The quantitative estimate of drug-likeness (QED) is 0.890. The molecule has 0 aromatic carbocycles. The summed E-state index contributed by atoms with van der Waals surface area (Å²) in [6.07, 6.45) is 6.16. The fourth-order valence-electron chi connectivity index (χ4n) is 3.86. The second-order valence-electron chi connectivity index (χ2n) is 7.17. The molecule has 0 unspecified atom stereocenters. The van der Waals surface area contributed by atoms with E-state index >= 15 is 0 Å². The van der Waals surface area contributed by atoms with Gasteiger partial charge in [0.2, 0.25) is 5.56 Å². The Balaban J connectivity index is 1.38. The summed E-state index contributed by atoms with van der Waals surface area (Å²) in [6, 6.07) is 4.66. The number of piperidine rings is 1. The van der Waals surface area contributed by atoms with Gasteiger partial charge in [0.25, 0.3) is 11.5 Å². The molecule has 2 aromatic rings. The Bertz CT molecular complexity index is 918. The maximum absolute atomic E-state index is 12.5. The van der Waals surface area contributed by atoms with E-state index in [9.17, 15) is 14.4 Å². The largest absolute Gasteiger partial charge is 0.339 e. The van der Waals surface area contributed by atoms with Gasteiger partial charge in [0, 0.05) is 38.0 Å². The van der Waals surface area contributed by atoms with E-state index in [1.807, 2.05) is 4.90 Å². The number of aryl methyl sites for hydroxylation is 2. The summed E-state index contributed by atoms with van der Waals surface area (Å²) in [6.45, 7) is 1.93. The van der Waals surface area contributed by atoms with Gasteiger partial charge in [-0.25, -0.2) is 4.68 Å². The first-order valence-electron chi connectivity index (χ1n) is 9.18. The molecule has 7 nitrogen and oxygen atoms in total. The van der Waals surface area contributed by atoms with Crippen LogP contribution in [0.1, 0.15) is 40.9 Å². The van der Waals surface area contributed by atoms with E-state index in [1.54, 1.807) is 16.8 Å². The number of amides is 1. The molecule has 1 aliphatic carbocycles. The maximum Gasteiger partial charge on any atom is 0.267 e. The van der Waals surface area contributed by atoms with Crippen LogP contribution in [0.2, 0.25) is 0 Å². The summed E-state index contributed by atoms with van der Waals surface area (Å²) in [5, 5.41) is 4.55. The maximum atomic E-state index is 12.5. The Morgan fingerprint density at radius 3 is 2.73 bits per heavy atom. The zero-order chi connectivity index (χ0) is 18.1. The lowest BCUT2D eigenvalue weighted by molar-refractivity contribution is 0.0680. The smallest absolute Gasteiger partial charge is 0.267 e.